The van der Waals surface area contributed by atoms with E-state index in [1.807, 2.05) is 0 Å². The zero-order chi connectivity index (χ0) is 13.3. The molecule has 6 heteroatoms. The summed E-state index contributed by atoms with van der Waals surface area (Å²) in [6.07, 6.45) is 1.15. The minimum Gasteiger partial charge on any atom is -0.427 e. The Morgan fingerprint density at radius 3 is 2.35 bits per heavy atom. The maximum Gasteiger partial charge on any atom is 0.332 e. The Bertz CT molecular complexity index is 405. The number of hydrogen-bond acceptors (Lipinski definition) is 3. The summed E-state index contributed by atoms with van der Waals surface area (Å²) in [5.74, 6) is -2.19. The molecule has 0 saturated heterocycles. The second-order valence-electron chi connectivity index (χ2n) is 4.85. The average Bonchev–Trinajstić information content (AvgIpc) is 2.18. The lowest BCUT2D eigenvalue weighted by atomic mass is 9.83. The summed E-state index contributed by atoms with van der Waals surface area (Å²) in [6.45, 7) is 6.59. The summed E-state index contributed by atoms with van der Waals surface area (Å²) in [6, 6.07) is 0.975. The highest BCUT2D eigenvalue weighted by atomic mass is 19.2. The molecule has 0 unspecified atom stereocenters. The smallest absolute Gasteiger partial charge is 0.332 e. The summed E-state index contributed by atoms with van der Waals surface area (Å²) < 4.78 is 30.8. The number of halogens is 2. The molecule has 0 amide bonds. The van der Waals surface area contributed by atoms with Crippen molar-refractivity contribution in [1.29, 1.82) is 0 Å². The SMILES string of the molecule is CC(C)(O)C(C)(C)O[B]c1cnc(F)c(F)c1. The largest absolute Gasteiger partial charge is 0.427 e. The third-order valence-corrected chi connectivity index (χ3v) is 2.78. The topological polar surface area (TPSA) is 42.4 Å². The van der Waals surface area contributed by atoms with Gasteiger partial charge in [-0.2, -0.15) is 4.39 Å². The molecule has 17 heavy (non-hydrogen) atoms. The van der Waals surface area contributed by atoms with E-state index in [1.54, 1.807) is 27.7 Å². The van der Waals surface area contributed by atoms with Crippen molar-refractivity contribution in [3.05, 3.63) is 24.0 Å². The molecule has 1 aromatic rings. The third-order valence-electron chi connectivity index (χ3n) is 2.78. The second kappa shape index (κ2) is 4.70. The Hall–Kier alpha value is -1.01. The maximum absolute atomic E-state index is 12.9. The first-order valence-corrected chi connectivity index (χ1v) is 5.18. The van der Waals surface area contributed by atoms with Crippen LogP contribution in [0.15, 0.2) is 12.3 Å². The molecule has 1 N–H and O–H groups in total. The van der Waals surface area contributed by atoms with Crippen molar-refractivity contribution < 1.29 is 18.5 Å². The van der Waals surface area contributed by atoms with Crippen molar-refractivity contribution in [2.45, 2.75) is 38.9 Å². The Morgan fingerprint density at radius 1 is 1.29 bits per heavy atom. The van der Waals surface area contributed by atoms with E-state index in [9.17, 15) is 13.9 Å². The second-order valence-corrected chi connectivity index (χ2v) is 4.85. The standard InChI is InChI=1S/C11H15BF2NO2/c1-10(2,16)11(3,4)17-12-7-5-8(13)9(14)15-6-7/h5-6,16H,1-4H3. The lowest BCUT2D eigenvalue weighted by molar-refractivity contribution is -0.0893. The van der Waals surface area contributed by atoms with E-state index >= 15 is 0 Å². The molecule has 1 rings (SSSR count). The van der Waals surface area contributed by atoms with Gasteiger partial charge in [-0.15, -0.1) is 0 Å². The van der Waals surface area contributed by atoms with Gasteiger partial charge >= 0.3 is 7.48 Å². The lowest BCUT2D eigenvalue weighted by Gasteiger charge is -2.37. The van der Waals surface area contributed by atoms with Gasteiger partial charge in [0.1, 0.15) is 0 Å². The molecular weight excluding hydrogens is 227 g/mol. The summed E-state index contributed by atoms with van der Waals surface area (Å²) in [5, 5.41) is 9.83. The molecule has 0 aromatic carbocycles. The Balaban J connectivity index is 2.71. The Kier molecular flexibility index (Phi) is 3.89. The van der Waals surface area contributed by atoms with Crippen LogP contribution < -0.4 is 5.46 Å². The van der Waals surface area contributed by atoms with Gasteiger partial charge in [-0.3, -0.25) is 0 Å². The molecule has 0 spiro atoms. The van der Waals surface area contributed by atoms with E-state index in [1.165, 1.54) is 7.48 Å². The number of aromatic nitrogens is 1. The molecule has 1 heterocycles. The van der Waals surface area contributed by atoms with Crippen molar-refractivity contribution in [1.82, 2.24) is 4.98 Å². The van der Waals surface area contributed by atoms with Gasteiger partial charge in [-0.1, -0.05) is 0 Å². The molecule has 1 radical (unpaired) electrons. The van der Waals surface area contributed by atoms with E-state index in [0.29, 0.717) is 5.46 Å². The molecule has 0 aliphatic rings. The van der Waals surface area contributed by atoms with Gasteiger partial charge < -0.3 is 9.76 Å². The zero-order valence-corrected chi connectivity index (χ0v) is 10.3. The van der Waals surface area contributed by atoms with Crippen LogP contribution in [0.4, 0.5) is 8.78 Å². The predicted octanol–water partition coefficient (Wildman–Crippen LogP) is 1.17. The fourth-order valence-electron chi connectivity index (χ4n) is 0.860. The van der Waals surface area contributed by atoms with Gasteiger partial charge in [-0.05, 0) is 39.2 Å². The van der Waals surface area contributed by atoms with Gasteiger partial charge in [0.25, 0.3) is 0 Å². The van der Waals surface area contributed by atoms with E-state index in [4.69, 9.17) is 4.65 Å². The monoisotopic (exact) mass is 242 g/mol. The summed E-state index contributed by atoms with van der Waals surface area (Å²) in [4.78, 5) is 3.23. The number of pyridine rings is 1. The van der Waals surface area contributed by atoms with Crippen molar-refractivity contribution in [2.75, 3.05) is 0 Å². The maximum atomic E-state index is 12.9. The summed E-state index contributed by atoms with van der Waals surface area (Å²) in [7, 11) is 1.24. The van der Waals surface area contributed by atoms with Crippen molar-refractivity contribution in [3.8, 4) is 0 Å². The highest BCUT2D eigenvalue weighted by molar-refractivity contribution is 6.46. The normalized spacial score (nSPS) is 12.6. The molecule has 0 aliphatic heterocycles. The highest BCUT2D eigenvalue weighted by Crippen LogP contribution is 2.24. The number of nitrogens with zero attached hydrogens (tertiary/aromatic N) is 1. The van der Waals surface area contributed by atoms with E-state index < -0.39 is 23.0 Å². The van der Waals surface area contributed by atoms with Crippen molar-refractivity contribution in [2.24, 2.45) is 0 Å². The number of hydrogen-bond donors (Lipinski definition) is 1. The van der Waals surface area contributed by atoms with Crippen LogP contribution in [0.3, 0.4) is 0 Å². The quantitative estimate of drug-likeness (QED) is 0.636. The Labute approximate surface area is 100 Å². The highest BCUT2D eigenvalue weighted by Gasteiger charge is 2.35. The van der Waals surface area contributed by atoms with Crippen LogP contribution in [0.25, 0.3) is 0 Å². The fraction of sp³-hybridized carbons (Fsp3) is 0.545. The summed E-state index contributed by atoms with van der Waals surface area (Å²) >= 11 is 0. The third kappa shape index (κ3) is 3.47. The molecule has 0 fully saturated rings. The van der Waals surface area contributed by atoms with E-state index in [-0.39, 0.29) is 0 Å². The van der Waals surface area contributed by atoms with Crippen LogP contribution in [-0.4, -0.2) is 28.8 Å². The zero-order valence-electron chi connectivity index (χ0n) is 10.3. The molecular formula is C11H15BF2NO2. The van der Waals surface area contributed by atoms with Gasteiger partial charge in [0.2, 0.25) is 5.95 Å². The molecule has 0 aliphatic carbocycles. The van der Waals surface area contributed by atoms with Gasteiger partial charge in [0.05, 0.1) is 11.2 Å². The van der Waals surface area contributed by atoms with Crippen molar-refractivity contribution in [3.63, 3.8) is 0 Å². The van der Waals surface area contributed by atoms with Crippen LogP contribution in [0, 0.1) is 11.8 Å². The first-order valence-electron chi connectivity index (χ1n) is 5.18. The van der Waals surface area contributed by atoms with E-state index in [2.05, 4.69) is 4.98 Å². The minimum absolute atomic E-state index is 0.293. The first-order chi connectivity index (χ1) is 7.63. The number of rotatable bonds is 4. The minimum atomic E-state index is -1.15. The molecule has 0 saturated carbocycles. The first kappa shape index (κ1) is 14.1. The van der Waals surface area contributed by atoms with Gasteiger partial charge in [0, 0.05) is 6.20 Å². The Morgan fingerprint density at radius 2 is 1.88 bits per heavy atom. The van der Waals surface area contributed by atoms with Crippen molar-refractivity contribution >= 4 is 12.9 Å². The van der Waals surface area contributed by atoms with Crippen LogP contribution in [0.2, 0.25) is 0 Å². The lowest BCUT2D eigenvalue weighted by Crippen LogP contribution is -2.49. The molecule has 93 valence electrons. The predicted molar refractivity (Wildman–Crippen MR) is 61.0 cm³/mol. The summed E-state index contributed by atoms with van der Waals surface area (Å²) in [5.41, 5.74) is -1.64. The molecule has 0 bridgehead atoms. The average molecular weight is 242 g/mol. The molecule has 1 aromatic heterocycles. The van der Waals surface area contributed by atoms with Crippen LogP contribution in [0.5, 0.6) is 0 Å². The van der Waals surface area contributed by atoms with Crippen LogP contribution in [0.1, 0.15) is 27.7 Å². The van der Waals surface area contributed by atoms with Crippen LogP contribution in [-0.2, 0) is 4.65 Å². The molecule has 3 nitrogen and oxygen atoms in total. The fourth-order valence-corrected chi connectivity index (χ4v) is 0.860. The van der Waals surface area contributed by atoms with Gasteiger partial charge in [-0.25, -0.2) is 9.37 Å². The molecule has 0 atom stereocenters. The van der Waals surface area contributed by atoms with E-state index in [0.717, 1.165) is 12.3 Å². The number of aliphatic hydroxyl groups is 1. The van der Waals surface area contributed by atoms with Crippen LogP contribution >= 0.6 is 0 Å². The van der Waals surface area contributed by atoms with Gasteiger partial charge in [0.15, 0.2) is 5.82 Å².